The molecule has 1 amide bonds. The van der Waals surface area contributed by atoms with Gasteiger partial charge in [-0.1, -0.05) is 17.8 Å². The van der Waals surface area contributed by atoms with Gasteiger partial charge in [0, 0.05) is 11.3 Å². The number of rotatable bonds is 7. The van der Waals surface area contributed by atoms with Gasteiger partial charge in [-0.3, -0.25) is 4.79 Å². The number of aromatic nitrogens is 4. The second kappa shape index (κ2) is 9.27. The minimum absolute atomic E-state index is 0.118. The number of carbonyl (C=O) groups excluding carboxylic acids is 1. The Hall–Kier alpha value is -3.59. The van der Waals surface area contributed by atoms with Crippen molar-refractivity contribution in [3.05, 3.63) is 59.7 Å². The van der Waals surface area contributed by atoms with Crippen LogP contribution in [-0.2, 0) is 4.79 Å². The first kappa shape index (κ1) is 21.6. The highest BCUT2D eigenvalue weighted by molar-refractivity contribution is 7.99. The van der Waals surface area contributed by atoms with Crippen molar-refractivity contribution in [3.8, 4) is 22.8 Å². The van der Waals surface area contributed by atoms with E-state index < -0.39 is 0 Å². The van der Waals surface area contributed by atoms with E-state index in [0.29, 0.717) is 22.3 Å². The molecule has 0 saturated heterocycles. The zero-order chi connectivity index (χ0) is 22.7. The van der Waals surface area contributed by atoms with Crippen LogP contribution in [0.25, 0.3) is 16.9 Å². The van der Waals surface area contributed by atoms with Crippen LogP contribution in [0.5, 0.6) is 11.5 Å². The number of nitrogens with one attached hydrogen (secondary N) is 1. The zero-order valence-corrected chi connectivity index (χ0v) is 19.1. The summed E-state index contributed by atoms with van der Waals surface area (Å²) in [5.74, 6) is 1.34. The van der Waals surface area contributed by atoms with Crippen LogP contribution in [0.1, 0.15) is 11.1 Å². The van der Waals surface area contributed by atoms with E-state index in [1.54, 1.807) is 18.7 Å². The SMILES string of the molecule is COc1ccc(-c2ccc3nnc(SCC(=O)Nc4cc(C)cc(C)c4)n3n2)cc1OC. The number of hydrogen-bond acceptors (Lipinski definition) is 7. The van der Waals surface area contributed by atoms with Crippen molar-refractivity contribution in [2.45, 2.75) is 19.0 Å². The predicted octanol–water partition coefficient (Wildman–Crippen LogP) is 4.16. The summed E-state index contributed by atoms with van der Waals surface area (Å²) >= 11 is 1.28. The lowest BCUT2D eigenvalue weighted by molar-refractivity contribution is -0.113. The molecule has 0 radical (unpaired) electrons. The lowest BCUT2D eigenvalue weighted by Gasteiger charge is -2.09. The molecule has 9 heteroatoms. The van der Waals surface area contributed by atoms with Gasteiger partial charge in [0.1, 0.15) is 0 Å². The zero-order valence-electron chi connectivity index (χ0n) is 18.2. The lowest BCUT2D eigenvalue weighted by Crippen LogP contribution is -2.14. The molecule has 2 heterocycles. The van der Waals surface area contributed by atoms with Gasteiger partial charge in [0.25, 0.3) is 0 Å². The molecule has 4 rings (SSSR count). The van der Waals surface area contributed by atoms with Crippen LogP contribution >= 0.6 is 11.8 Å². The van der Waals surface area contributed by atoms with Crippen LogP contribution in [-0.4, -0.2) is 45.7 Å². The molecule has 0 aliphatic heterocycles. The second-order valence-electron chi connectivity index (χ2n) is 7.25. The van der Waals surface area contributed by atoms with Gasteiger partial charge in [0.2, 0.25) is 11.1 Å². The summed E-state index contributed by atoms with van der Waals surface area (Å²) in [6.45, 7) is 4.00. The number of ether oxygens (including phenoxy) is 2. The van der Waals surface area contributed by atoms with Crippen molar-refractivity contribution < 1.29 is 14.3 Å². The highest BCUT2D eigenvalue weighted by Crippen LogP contribution is 2.31. The first-order valence-electron chi connectivity index (χ1n) is 9.92. The van der Waals surface area contributed by atoms with E-state index in [2.05, 4.69) is 26.7 Å². The molecule has 0 spiro atoms. The molecule has 8 nitrogen and oxygen atoms in total. The van der Waals surface area contributed by atoms with Crippen LogP contribution in [0.15, 0.2) is 53.7 Å². The van der Waals surface area contributed by atoms with Crippen molar-refractivity contribution in [1.82, 2.24) is 19.8 Å². The molecule has 2 aromatic heterocycles. The Morgan fingerprint density at radius 2 is 1.72 bits per heavy atom. The summed E-state index contributed by atoms with van der Waals surface area (Å²) in [6, 6.07) is 15.3. The molecule has 0 aliphatic rings. The summed E-state index contributed by atoms with van der Waals surface area (Å²) in [7, 11) is 3.19. The van der Waals surface area contributed by atoms with Gasteiger partial charge >= 0.3 is 0 Å². The number of benzene rings is 2. The summed E-state index contributed by atoms with van der Waals surface area (Å²) < 4.78 is 12.3. The van der Waals surface area contributed by atoms with Gasteiger partial charge in [-0.05, 0) is 67.4 Å². The highest BCUT2D eigenvalue weighted by Gasteiger charge is 2.13. The monoisotopic (exact) mass is 449 g/mol. The number of thioether (sulfide) groups is 1. The fourth-order valence-electron chi connectivity index (χ4n) is 3.38. The fourth-order valence-corrected chi connectivity index (χ4v) is 4.07. The van der Waals surface area contributed by atoms with E-state index in [9.17, 15) is 4.79 Å². The van der Waals surface area contributed by atoms with Crippen LogP contribution in [0, 0.1) is 13.8 Å². The van der Waals surface area contributed by atoms with Crippen molar-refractivity contribution >= 4 is 29.0 Å². The smallest absolute Gasteiger partial charge is 0.234 e. The first-order valence-corrected chi connectivity index (χ1v) is 10.9. The van der Waals surface area contributed by atoms with E-state index in [1.165, 1.54) is 11.8 Å². The Kier molecular flexibility index (Phi) is 6.27. The summed E-state index contributed by atoms with van der Waals surface area (Å²) in [4.78, 5) is 12.5. The van der Waals surface area contributed by atoms with Gasteiger partial charge in [0.05, 0.1) is 25.7 Å². The largest absolute Gasteiger partial charge is 0.493 e. The molecule has 32 heavy (non-hydrogen) atoms. The number of amides is 1. The summed E-state index contributed by atoms with van der Waals surface area (Å²) in [5.41, 5.74) is 5.17. The number of nitrogens with zero attached hydrogens (tertiary/aromatic N) is 4. The van der Waals surface area contributed by atoms with Gasteiger partial charge in [-0.25, -0.2) is 0 Å². The Labute approximate surface area is 190 Å². The summed E-state index contributed by atoms with van der Waals surface area (Å²) in [6.07, 6.45) is 0. The second-order valence-corrected chi connectivity index (χ2v) is 8.20. The van der Waals surface area contributed by atoms with Crippen molar-refractivity contribution in [1.29, 1.82) is 0 Å². The van der Waals surface area contributed by atoms with Crippen molar-refractivity contribution in [2.75, 3.05) is 25.3 Å². The maximum absolute atomic E-state index is 12.5. The number of aryl methyl sites for hydroxylation is 2. The Balaban J connectivity index is 1.52. The first-order chi connectivity index (χ1) is 15.5. The molecular weight excluding hydrogens is 426 g/mol. The lowest BCUT2D eigenvalue weighted by atomic mass is 10.1. The van der Waals surface area contributed by atoms with Gasteiger partial charge < -0.3 is 14.8 Å². The highest BCUT2D eigenvalue weighted by atomic mass is 32.2. The number of carbonyl (C=O) groups is 1. The third-order valence-corrected chi connectivity index (χ3v) is 5.67. The third kappa shape index (κ3) is 4.67. The molecule has 0 bridgehead atoms. The maximum atomic E-state index is 12.5. The van der Waals surface area contributed by atoms with Crippen LogP contribution in [0.4, 0.5) is 5.69 Å². The van der Waals surface area contributed by atoms with Gasteiger partial charge in [-0.15, -0.1) is 10.2 Å². The van der Waals surface area contributed by atoms with Crippen LogP contribution < -0.4 is 14.8 Å². The number of anilines is 1. The maximum Gasteiger partial charge on any atom is 0.234 e. The van der Waals surface area contributed by atoms with E-state index in [-0.39, 0.29) is 11.7 Å². The number of hydrogen-bond donors (Lipinski definition) is 1. The molecule has 1 N–H and O–H groups in total. The molecule has 4 aromatic rings. The van der Waals surface area contributed by atoms with E-state index in [4.69, 9.17) is 9.47 Å². The third-order valence-electron chi connectivity index (χ3n) is 4.75. The van der Waals surface area contributed by atoms with Crippen LogP contribution in [0.2, 0.25) is 0 Å². The van der Waals surface area contributed by atoms with Gasteiger partial charge in [-0.2, -0.15) is 9.61 Å². The Bertz CT molecular complexity index is 1270. The van der Waals surface area contributed by atoms with Crippen LogP contribution in [0.3, 0.4) is 0 Å². The molecule has 0 saturated carbocycles. The normalized spacial score (nSPS) is 10.9. The van der Waals surface area contributed by atoms with E-state index in [1.807, 2.05) is 56.3 Å². The fraction of sp³-hybridized carbons (Fsp3) is 0.217. The average molecular weight is 450 g/mol. The topological polar surface area (TPSA) is 90.6 Å². The Morgan fingerprint density at radius 1 is 0.969 bits per heavy atom. The minimum Gasteiger partial charge on any atom is -0.493 e. The van der Waals surface area contributed by atoms with E-state index in [0.717, 1.165) is 28.1 Å². The van der Waals surface area contributed by atoms with E-state index >= 15 is 0 Å². The standard InChI is InChI=1S/C23H23N5O3S/c1-14-9-15(2)11-17(10-14)24-22(29)13-32-23-26-25-21-8-6-18(27-28(21)23)16-5-7-19(30-3)20(12-16)31-4/h5-12H,13H2,1-4H3,(H,24,29). The minimum atomic E-state index is -0.118. The molecule has 0 unspecified atom stereocenters. The average Bonchev–Trinajstić information content (AvgIpc) is 3.18. The van der Waals surface area contributed by atoms with Crippen molar-refractivity contribution in [3.63, 3.8) is 0 Å². The molecule has 0 aliphatic carbocycles. The number of fused-ring (bicyclic) bond motifs is 1. The molecule has 0 atom stereocenters. The summed E-state index contributed by atoms with van der Waals surface area (Å²) in [5, 5.41) is 16.5. The van der Waals surface area contributed by atoms with Crippen molar-refractivity contribution in [2.24, 2.45) is 0 Å². The molecular formula is C23H23N5O3S. The van der Waals surface area contributed by atoms with Gasteiger partial charge in [0.15, 0.2) is 17.1 Å². The predicted molar refractivity (Wildman–Crippen MR) is 125 cm³/mol. The molecule has 164 valence electrons. The Morgan fingerprint density at radius 3 is 2.44 bits per heavy atom. The number of methoxy groups -OCH3 is 2. The molecule has 0 fully saturated rings. The molecule has 2 aromatic carbocycles. The quantitative estimate of drug-likeness (QED) is 0.424.